The Morgan fingerprint density at radius 3 is 2.66 bits per heavy atom. The monoisotopic (exact) mass is 399 g/mol. The van der Waals surface area contributed by atoms with Gasteiger partial charge in [0, 0.05) is 25.6 Å². The molecule has 1 aromatic rings. The molecule has 1 atom stereocenters. The Balaban J connectivity index is 1.96. The molecule has 1 fully saturated rings. The van der Waals surface area contributed by atoms with Crippen molar-refractivity contribution in [1.29, 1.82) is 0 Å². The normalized spacial score (nSPS) is 20.7. The van der Waals surface area contributed by atoms with E-state index < -0.39 is 0 Å². The van der Waals surface area contributed by atoms with Gasteiger partial charge < -0.3 is 4.90 Å². The predicted octanol–water partition coefficient (Wildman–Crippen LogP) is 5.25. The van der Waals surface area contributed by atoms with E-state index in [9.17, 15) is 9.59 Å². The van der Waals surface area contributed by atoms with Crippen molar-refractivity contribution in [2.45, 2.75) is 98.6 Å². The Morgan fingerprint density at radius 2 is 1.97 bits per heavy atom. The molecule has 2 heterocycles. The summed E-state index contributed by atoms with van der Waals surface area (Å²) >= 11 is 0. The molecule has 1 amide bonds. The average molecular weight is 400 g/mol. The Labute approximate surface area is 175 Å². The number of fused-ring (bicyclic) bond motifs is 1. The summed E-state index contributed by atoms with van der Waals surface area (Å²) in [5.41, 5.74) is 3.74. The fraction of sp³-hybridized carbons (Fsp3) is 0.708. The number of allylic oxidation sites excluding steroid dienone is 1. The van der Waals surface area contributed by atoms with Gasteiger partial charge in [0.05, 0.1) is 23.0 Å². The molecule has 0 bridgehead atoms. The fourth-order valence-corrected chi connectivity index (χ4v) is 4.79. The summed E-state index contributed by atoms with van der Waals surface area (Å²) in [6.45, 7) is 12.0. The topological polar surface area (TPSA) is 55.2 Å². The standard InChI is InChI=1S/C24H37N3O2/c1-6-7-8-9-13-27-19-15-24(4,5)16-20(28)22(19)23(25-27)18-11-10-12-26(18)21(29)14-17(2)3/h14,18H,6-13,15-16H2,1-5H3/t18-/m0/s1. The minimum absolute atomic E-state index is 0.0319. The predicted molar refractivity (Wildman–Crippen MR) is 116 cm³/mol. The first-order valence-electron chi connectivity index (χ1n) is 11.3. The molecule has 3 rings (SSSR count). The summed E-state index contributed by atoms with van der Waals surface area (Å²) in [7, 11) is 0. The summed E-state index contributed by atoms with van der Waals surface area (Å²) in [5.74, 6) is 0.245. The molecular weight excluding hydrogens is 362 g/mol. The third-order valence-corrected chi connectivity index (χ3v) is 6.14. The molecule has 0 N–H and O–H groups in total. The maximum absolute atomic E-state index is 13.2. The zero-order valence-electron chi connectivity index (χ0n) is 18.9. The van der Waals surface area contributed by atoms with E-state index in [0.717, 1.165) is 61.3 Å². The first-order chi connectivity index (χ1) is 13.7. The molecule has 1 saturated heterocycles. The third kappa shape index (κ3) is 4.81. The van der Waals surface area contributed by atoms with Gasteiger partial charge in [-0.15, -0.1) is 0 Å². The molecule has 0 aromatic carbocycles. The molecule has 0 unspecified atom stereocenters. The lowest BCUT2D eigenvalue weighted by Gasteiger charge is -2.30. The highest BCUT2D eigenvalue weighted by atomic mass is 16.2. The van der Waals surface area contributed by atoms with Crippen LogP contribution in [0.25, 0.3) is 0 Å². The number of ketones is 1. The van der Waals surface area contributed by atoms with Gasteiger partial charge in [-0.3, -0.25) is 14.3 Å². The second-order valence-electron chi connectivity index (χ2n) is 9.84. The second-order valence-corrected chi connectivity index (χ2v) is 9.84. The minimum Gasteiger partial charge on any atom is -0.330 e. The Hall–Kier alpha value is -1.91. The van der Waals surface area contributed by atoms with Crippen LogP contribution in [0.4, 0.5) is 0 Å². The van der Waals surface area contributed by atoms with Crippen LogP contribution in [0.5, 0.6) is 0 Å². The summed E-state index contributed by atoms with van der Waals surface area (Å²) in [5, 5.41) is 4.98. The van der Waals surface area contributed by atoms with E-state index >= 15 is 0 Å². The van der Waals surface area contributed by atoms with E-state index in [2.05, 4.69) is 25.5 Å². The first-order valence-corrected chi connectivity index (χ1v) is 11.3. The molecule has 0 spiro atoms. The molecule has 1 aliphatic heterocycles. The van der Waals surface area contributed by atoms with Crippen LogP contribution in [0.1, 0.15) is 107 Å². The highest BCUT2D eigenvalue weighted by Gasteiger charge is 2.41. The quantitative estimate of drug-likeness (QED) is 0.465. The molecule has 29 heavy (non-hydrogen) atoms. The van der Waals surface area contributed by atoms with Gasteiger partial charge >= 0.3 is 0 Å². The van der Waals surface area contributed by atoms with Crippen molar-refractivity contribution < 1.29 is 9.59 Å². The van der Waals surface area contributed by atoms with E-state index in [1.165, 1.54) is 19.3 Å². The number of hydrogen-bond acceptors (Lipinski definition) is 3. The molecular formula is C24H37N3O2. The zero-order chi connectivity index (χ0) is 21.2. The number of amides is 1. The van der Waals surface area contributed by atoms with E-state index in [1.807, 2.05) is 18.7 Å². The molecule has 1 aliphatic carbocycles. The van der Waals surface area contributed by atoms with Crippen LogP contribution in [0.2, 0.25) is 0 Å². The van der Waals surface area contributed by atoms with Gasteiger partial charge in [-0.25, -0.2) is 0 Å². The number of carbonyl (C=O) groups is 2. The molecule has 5 heteroatoms. The van der Waals surface area contributed by atoms with E-state index in [0.29, 0.717) is 6.42 Å². The van der Waals surface area contributed by atoms with Crippen LogP contribution < -0.4 is 0 Å². The van der Waals surface area contributed by atoms with Crippen molar-refractivity contribution in [3.63, 3.8) is 0 Å². The van der Waals surface area contributed by atoms with Crippen molar-refractivity contribution >= 4 is 11.7 Å². The molecule has 5 nitrogen and oxygen atoms in total. The number of rotatable bonds is 7. The summed E-state index contributed by atoms with van der Waals surface area (Å²) in [6.07, 6.45) is 9.70. The van der Waals surface area contributed by atoms with Crippen LogP contribution >= 0.6 is 0 Å². The highest BCUT2D eigenvalue weighted by molar-refractivity contribution is 6.00. The van der Waals surface area contributed by atoms with Crippen molar-refractivity contribution in [3.05, 3.63) is 28.6 Å². The van der Waals surface area contributed by atoms with Gasteiger partial charge in [-0.1, -0.05) is 45.6 Å². The molecule has 160 valence electrons. The van der Waals surface area contributed by atoms with Gasteiger partial charge in [-0.2, -0.15) is 5.10 Å². The third-order valence-electron chi connectivity index (χ3n) is 6.14. The number of hydrogen-bond donors (Lipinski definition) is 0. The lowest BCUT2D eigenvalue weighted by Crippen LogP contribution is -2.32. The largest absolute Gasteiger partial charge is 0.330 e. The van der Waals surface area contributed by atoms with Crippen LogP contribution in [0.3, 0.4) is 0 Å². The lowest BCUT2D eigenvalue weighted by atomic mass is 9.75. The Kier molecular flexibility index (Phi) is 6.65. The smallest absolute Gasteiger partial charge is 0.247 e. The lowest BCUT2D eigenvalue weighted by molar-refractivity contribution is -0.127. The molecule has 0 radical (unpaired) electrons. The Morgan fingerprint density at radius 1 is 1.21 bits per heavy atom. The molecule has 2 aliphatic rings. The van der Waals surface area contributed by atoms with E-state index in [1.54, 1.807) is 6.08 Å². The van der Waals surface area contributed by atoms with E-state index in [4.69, 9.17) is 5.10 Å². The van der Waals surface area contributed by atoms with E-state index in [-0.39, 0.29) is 23.1 Å². The number of unbranched alkanes of at least 4 members (excludes halogenated alkanes) is 3. The SMILES string of the molecule is CCCCCCn1nc([C@@H]2CCCN2C(=O)C=C(C)C)c2c1CC(C)(C)CC2=O. The number of Topliss-reactive ketones (excluding diaryl/α,β-unsaturated/α-hetero) is 1. The molecule has 1 aromatic heterocycles. The number of aryl methyl sites for hydroxylation is 1. The summed E-state index contributed by atoms with van der Waals surface area (Å²) < 4.78 is 2.10. The zero-order valence-corrected chi connectivity index (χ0v) is 18.9. The van der Waals surface area contributed by atoms with Crippen molar-refractivity contribution in [1.82, 2.24) is 14.7 Å². The van der Waals surface area contributed by atoms with Gasteiger partial charge in [0.1, 0.15) is 0 Å². The molecule has 0 saturated carbocycles. The minimum atomic E-state index is -0.0751. The maximum atomic E-state index is 13.2. The summed E-state index contributed by atoms with van der Waals surface area (Å²) in [4.78, 5) is 27.8. The van der Waals surface area contributed by atoms with Gasteiger partial charge in [0.25, 0.3) is 0 Å². The summed E-state index contributed by atoms with van der Waals surface area (Å²) in [6, 6.07) is -0.0751. The van der Waals surface area contributed by atoms with Crippen LogP contribution in [0.15, 0.2) is 11.6 Å². The average Bonchev–Trinajstić information content (AvgIpc) is 3.22. The number of carbonyl (C=O) groups excluding carboxylic acids is 2. The number of aromatic nitrogens is 2. The van der Waals surface area contributed by atoms with Crippen LogP contribution in [0, 0.1) is 5.41 Å². The Bertz CT molecular complexity index is 799. The first kappa shape index (κ1) is 21.8. The van der Waals surface area contributed by atoms with Gasteiger partial charge in [0.15, 0.2) is 5.78 Å². The van der Waals surface area contributed by atoms with Crippen molar-refractivity contribution in [3.8, 4) is 0 Å². The van der Waals surface area contributed by atoms with Crippen molar-refractivity contribution in [2.75, 3.05) is 6.54 Å². The van der Waals surface area contributed by atoms with Crippen molar-refractivity contribution in [2.24, 2.45) is 5.41 Å². The van der Waals surface area contributed by atoms with Crippen LogP contribution in [-0.2, 0) is 17.8 Å². The highest BCUT2D eigenvalue weighted by Crippen LogP contribution is 2.41. The van der Waals surface area contributed by atoms with Crippen LogP contribution in [-0.4, -0.2) is 32.9 Å². The number of nitrogens with zero attached hydrogens (tertiary/aromatic N) is 3. The maximum Gasteiger partial charge on any atom is 0.247 e. The number of likely N-dealkylation sites (tertiary alicyclic amines) is 1. The fourth-order valence-electron chi connectivity index (χ4n) is 4.79. The van der Waals surface area contributed by atoms with Gasteiger partial charge in [0.2, 0.25) is 5.91 Å². The van der Waals surface area contributed by atoms with Gasteiger partial charge in [-0.05, 0) is 44.9 Å². The second kappa shape index (κ2) is 8.85.